The fourth-order valence-corrected chi connectivity index (χ4v) is 2.42. The summed E-state index contributed by atoms with van der Waals surface area (Å²) in [5.74, 6) is -1.30. The molecule has 0 atom stereocenters. The van der Waals surface area contributed by atoms with Gasteiger partial charge in [0.25, 0.3) is 0 Å². The average Bonchev–Trinajstić information content (AvgIpc) is 2.38. The van der Waals surface area contributed by atoms with E-state index in [1.807, 2.05) is 13.8 Å². The van der Waals surface area contributed by atoms with E-state index in [-0.39, 0.29) is 24.9 Å². The van der Waals surface area contributed by atoms with E-state index in [0.29, 0.717) is 12.8 Å². The van der Waals surface area contributed by atoms with E-state index in [1.165, 1.54) is 0 Å². The molecule has 0 aliphatic carbocycles. The summed E-state index contributed by atoms with van der Waals surface area (Å²) < 4.78 is 0. The maximum atomic E-state index is 12.5. The smallest absolute Gasteiger partial charge is 0.330 e. The topological polar surface area (TPSA) is 95.6 Å². The number of hydrogen-bond acceptors (Lipinski definition) is 4. The van der Waals surface area contributed by atoms with Crippen molar-refractivity contribution in [2.45, 2.75) is 53.0 Å². The lowest BCUT2D eigenvalue weighted by Crippen LogP contribution is -2.63. The first-order chi connectivity index (χ1) is 9.78. The van der Waals surface area contributed by atoms with E-state index < -0.39 is 23.3 Å². The maximum Gasteiger partial charge on any atom is 0.330 e. The summed E-state index contributed by atoms with van der Waals surface area (Å²) in [7, 11) is 0. The molecule has 0 unspecified atom stereocenters. The third-order valence-corrected chi connectivity index (χ3v) is 3.77. The third kappa shape index (κ3) is 3.40. The van der Waals surface area contributed by atoms with Crippen molar-refractivity contribution in [3.05, 3.63) is 0 Å². The average molecular weight is 297 g/mol. The minimum absolute atomic E-state index is 0.00432. The molecule has 0 saturated carbocycles. The van der Waals surface area contributed by atoms with Gasteiger partial charge in [-0.05, 0) is 26.7 Å². The Morgan fingerprint density at radius 3 is 2.29 bits per heavy atom. The molecule has 0 radical (unpaired) electrons. The number of carbonyl (C=O) groups is 4. The number of barbiturate groups is 1. The van der Waals surface area contributed by atoms with E-state index in [1.54, 1.807) is 13.8 Å². The highest BCUT2D eigenvalue weighted by molar-refractivity contribution is 6.19. The van der Waals surface area contributed by atoms with Gasteiger partial charge in [0.2, 0.25) is 17.7 Å². The summed E-state index contributed by atoms with van der Waals surface area (Å²) in [5.41, 5.74) is -1.21. The molecule has 0 aromatic carbocycles. The molecule has 2 N–H and O–H groups in total. The van der Waals surface area contributed by atoms with Gasteiger partial charge in [-0.15, -0.1) is 0 Å². The number of carbonyl (C=O) groups excluding carboxylic acids is 4. The Bertz CT molecular complexity index is 455. The number of amides is 5. The first-order valence-corrected chi connectivity index (χ1v) is 7.25. The highest BCUT2D eigenvalue weighted by Gasteiger charge is 2.51. The van der Waals surface area contributed by atoms with Crippen molar-refractivity contribution in [2.75, 3.05) is 6.54 Å². The van der Waals surface area contributed by atoms with Crippen LogP contribution in [-0.4, -0.2) is 41.2 Å². The van der Waals surface area contributed by atoms with Crippen molar-refractivity contribution in [2.24, 2.45) is 5.41 Å². The normalized spacial score (nSPS) is 18.0. The van der Waals surface area contributed by atoms with E-state index in [2.05, 4.69) is 10.6 Å². The van der Waals surface area contributed by atoms with Crippen LogP contribution >= 0.6 is 0 Å². The van der Waals surface area contributed by atoms with Gasteiger partial charge in [0, 0.05) is 19.0 Å². The molecule has 0 aromatic heterocycles. The zero-order valence-electron chi connectivity index (χ0n) is 13.0. The van der Waals surface area contributed by atoms with Crippen LogP contribution in [0.4, 0.5) is 4.79 Å². The molecule has 1 heterocycles. The van der Waals surface area contributed by atoms with Gasteiger partial charge in [-0.2, -0.15) is 0 Å². The second kappa shape index (κ2) is 6.69. The summed E-state index contributed by atoms with van der Waals surface area (Å²) >= 11 is 0. The number of hydrogen-bond donors (Lipinski definition) is 2. The standard InChI is InChI=1S/C14H23N3O4/c1-5-14(6-2)11(19)16-13(21)17(12(14)20)8-7-10(18)15-9(3)4/h9H,5-8H2,1-4H3,(H,15,18)(H,16,19,21). The van der Waals surface area contributed by atoms with Gasteiger partial charge >= 0.3 is 6.03 Å². The molecule has 0 aromatic rings. The fourth-order valence-electron chi connectivity index (χ4n) is 2.42. The van der Waals surface area contributed by atoms with Gasteiger partial charge in [-0.1, -0.05) is 13.8 Å². The van der Waals surface area contributed by atoms with Gasteiger partial charge in [0.05, 0.1) is 0 Å². The molecule has 0 bridgehead atoms. The molecular weight excluding hydrogens is 274 g/mol. The highest BCUT2D eigenvalue weighted by Crippen LogP contribution is 2.32. The van der Waals surface area contributed by atoms with Crippen molar-refractivity contribution in [1.82, 2.24) is 15.5 Å². The molecule has 0 spiro atoms. The highest BCUT2D eigenvalue weighted by atomic mass is 16.2. The molecular formula is C14H23N3O4. The molecule has 1 saturated heterocycles. The predicted octanol–water partition coefficient (Wildman–Crippen LogP) is 0.786. The van der Waals surface area contributed by atoms with Crippen LogP contribution in [0.3, 0.4) is 0 Å². The zero-order chi connectivity index (χ0) is 16.2. The molecule has 1 fully saturated rings. The van der Waals surface area contributed by atoms with Crippen LogP contribution in [0.25, 0.3) is 0 Å². The zero-order valence-corrected chi connectivity index (χ0v) is 13.0. The second-order valence-electron chi connectivity index (χ2n) is 5.48. The Balaban J connectivity index is 2.82. The maximum absolute atomic E-state index is 12.5. The monoisotopic (exact) mass is 297 g/mol. The first-order valence-electron chi connectivity index (χ1n) is 7.25. The molecule has 1 aliphatic rings. The van der Waals surface area contributed by atoms with Crippen LogP contribution in [0.2, 0.25) is 0 Å². The summed E-state index contributed by atoms with van der Waals surface area (Å²) in [6, 6.07) is -0.754. The van der Waals surface area contributed by atoms with Crippen LogP contribution < -0.4 is 10.6 Å². The van der Waals surface area contributed by atoms with Crippen molar-refractivity contribution < 1.29 is 19.2 Å². The summed E-state index contributed by atoms with van der Waals surface area (Å²) in [5, 5.41) is 4.91. The van der Waals surface area contributed by atoms with Crippen LogP contribution in [0.15, 0.2) is 0 Å². The minimum Gasteiger partial charge on any atom is -0.354 e. The van der Waals surface area contributed by atoms with Crippen LogP contribution in [0, 0.1) is 5.41 Å². The van der Waals surface area contributed by atoms with E-state index >= 15 is 0 Å². The SMILES string of the molecule is CCC1(CC)C(=O)NC(=O)N(CCC(=O)NC(C)C)C1=O. The lowest BCUT2D eigenvalue weighted by atomic mass is 9.78. The first kappa shape index (κ1) is 17.1. The molecule has 118 valence electrons. The molecule has 5 amide bonds. The van der Waals surface area contributed by atoms with Gasteiger partial charge in [-0.3, -0.25) is 24.6 Å². The van der Waals surface area contributed by atoms with Crippen molar-refractivity contribution >= 4 is 23.8 Å². The van der Waals surface area contributed by atoms with E-state index in [4.69, 9.17) is 0 Å². The summed E-state index contributed by atoms with van der Waals surface area (Å²) in [6.07, 6.45) is 0.654. The van der Waals surface area contributed by atoms with Crippen LogP contribution in [0.1, 0.15) is 47.0 Å². The molecule has 21 heavy (non-hydrogen) atoms. The lowest BCUT2D eigenvalue weighted by molar-refractivity contribution is -0.152. The Hall–Kier alpha value is -1.92. The predicted molar refractivity (Wildman–Crippen MR) is 76.2 cm³/mol. The Morgan fingerprint density at radius 2 is 1.81 bits per heavy atom. The number of nitrogens with zero attached hydrogens (tertiary/aromatic N) is 1. The third-order valence-electron chi connectivity index (χ3n) is 3.77. The second-order valence-corrected chi connectivity index (χ2v) is 5.48. The Labute approximate surface area is 124 Å². The largest absolute Gasteiger partial charge is 0.354 e. The molecule has 7 heteroatoms. The van der Waals surface area contributed by atoms with Gasteiger partial charge in [0.15, 0.2) is 0 Å². The van der Waals surface area contributed by atoms with Gasteiger partial charge in [0.1, 0.15) is 5.41 Å². The fraction of sp³-hybridized carbons (Fsp3) is 0.714. The van der Waals surface area contributed by atoms with E-state index in [0.717, 1.165) is 4.90 Å². The number of imide groups is 2. The van der Waals surface area contributed by atoms with Crippen molar-refractivity contribution in [3.63, 3.8) is 0 Å². The number of nitrogens with one attached hydrogen (secondary N) is 2. The molecule has 1 aliphatic heterocycles. The Kier molecular flexibility index (Phi) is 5.46. The Morgan fingerprint density at radius 1 is 1.24 bits per heavy atom. The van der Waals surface area contributed by atoms with Crippen molar-refractivity contribution in [3.8, 4) is 0 Å². The number of urea groups is 1. The lowest BCUT2D eigenvalue weighted by Gasteiger charge is -2.38. The number of rotatable bonds is 6. The summed E-state index contributed by atoms with van der Waals surface area (Å²) in [4.78, 5) is 48.9. The van der Waals surface area contributed by atoms with Crippen molar-refractivity contribution in [1.29, 1.82) is 0 Å². The minimum atomic E-state index is -1.21. The molecule has 1 rings (SSSR count). The molecule has 7 nitrogen and oxygen atoms in total. The van der Waals surface area contributed by atoms with Gasteiger partial charge in [-0.25, -0.2) is 4.79 Å². The van der Waals surface area contributed by atoms with E-state index in [9.17, 15) is 19.2 Å². The quantitative estimate of drug-likeness (QED) is 0.708. The van der Waals surface area contributed by atoms with Crippen LogP contribution in [0.5, 0.6) is 0 Å². The van der Waals surface area contributed by atoms with Gasteiger partial charge < -0.3 is 5.32 Å². The van der Waals surface area contributed by atoms with Crippen LogP contribution in [-0.2, 0) is 14.4 Å². The summed E-state index contributed by atoms with van der Waals surface area (Å²) in [6.45, 7) is 7.10.